The highest BCUT2D eigenvalue weighted by atomic mass is 16.5. The van der Waals surface area contributed by atoms with Crippen molar-refractivity contribution in [3.8, 4) is 16.9 Å². The predicted octanol–water partition coefficient (Wildman–Crippen LogP) is 3.46. The Hall–Kier alpha value is -3.35. The summed E-state index contributed by atoms with van der Waals surface area (Å²) in [5.74, 6) is 0.855. The number of nitrogens with one attached hydrogen (secondary N) is 1. The zero-order valence-corrected chi connectivity index (χ0v) is 15.9. The van der Waals surface area contributed by atoms with E-state index in [1.807, 2.05) is 48.8 Å². The minimum Gasteiger partial charge on any atom is -0.488 e. The van der Waals surface area contributed by atoms with Crippen LogP contribution < -0.4 is 10.1 Å². The molecule has 0 bridgehead atoms. The highest BCUT2D eigenvalue weighted by Crippen LogP contribution is 2.33. The van der Waals surface area contributed by atoms with Crippen LogP contribution in [0.4, 0.5) is 5.69 Å². The van der Waals surface area contributed by atoms with Crippen LogP contribution in [0.2, 0.25) is 0 Å². The molecule has 4 aromatic heterocycles. The van der Waals surface area contributed by atoms with Crippen LogP contribution in [-0.2, 0) is 7.05 Å². The van der Waals surface area contributed by atoms with E-state index in [-0.39, 0.29) is 6.10 Å². The Morgan fingerprint density at radius 1 is 1.07 bits per heavy atom. The number of hydrogen-bond acceptors (Lipinski definition) is 5. The van der Waals surface area contributed by atoms with Crippen LogP contribution in [0, 0.1) is 6.92 Å². The van der Waals surface area contributed by atoms with Crippen LogP contribution in [0.15, 0.2) is 55.6 Å². The number of anilines is 1. The topological polar surface area (TPSA) is 69.3 Å². The van der Waals surface area contributed by atoms with E-state index in [2.05, 4.69) is 45.6 Å². The molecular formula is C21H22N6O. The molecule has 0 atom stereocenters. The summed E-state index contributed by atoms with van der Waals surface area (Å²) in [4.78, 5) is 8.60. The average molecular weight is 374 g/mol. The molecule has 1 aliphatic rings. The van der Waals surface area contributed by atoms with E-state index in [4.69, 9.17) is 4.74 Å². The Labute approximate surface area is 163 Å². The van der Waals surface area contributed by atoms with Crippen molar-refractivity contribution in [2.24, 2.45) is 7.05 Å². The quantitative estimate of drug-likeness (QED) is 0.579. The maximum atomic E-state index is 6.25. The minimum absolute atomic E-state index is 0.209. The van der Waals surface area contributed by atoms with Crippen LogP contribution in [-0.4, -0.2) is 36.3 Å². The summed E-state index contributed by atoms with van der Waals surface area (Å²) in [6, 6.07) is 4.59. The average Bonchev–Trinajstić information content (AvgIpc) is 3.29. The van der Waals surface area contributed by atoms with E-state index in [9.17, 15) is 0 Å². The second-order valence-electron chi connectivity index (χ2n) is 7.41. The molecule has 0 radical (unpaired) electrons. The molecule has 0 aromatic carbocycles. The van der Waals surface area contributed by atoms with Gasteiger partial charge in [0.2, 0.25) is 0 Å². The first-order valence-corrected chi connectivity index (χ1v) is 9.44. The van der Waals surface area contributed by atoms with Gasteiger partial charge < -0.3 is 14.5 Å². The number of aromatic nitrogens is 5. The normalized spacial score (nSPS) is 18.8. The lowest BCUT2D eigenvalue weighted by atomic mass is 9.89. The first-order valence-electron chi connectivity index (χ1n) is 9.44. The SMILES string of the molecule is Cc1c(OC2CC(Nc3cnn(C)c3)C2)cncc1-c1ccc2cncn2c1. The molecule has 5 rings (SSSR count). The van der Waals surface area contributed by atoms with Crippen molar-refractivity contribution >= 4 is 11.2 Å². The monoisotopic (exact) mass is 374 g/mol. The number of nitrogens with zero attached hydrogens (tertiary/aromatic N) is 5. The van der Waals surface area contributed by atoms with Gasteiger partial charge in [0.05, 0.1) is 36.1 Å². The van der Waals surface area contributed by atoms with Gasteiger partial charge in [-0.1, -0.05) is 6.07 Å². The summed E-state index contributed by atoms with van der Waals surface area (Å²) < 4.78 is 10.1. The van der Waals surface area contributed by atoms with Gasteiger partial charge in [-0.05, 0) is 13.0 Å². The first-order chi connectivity index (χ1) is 13.7. The van der Waals surface area contributed by atoms with E-state index in [0.717, 1.165) is 46.5 Å². The molecule has 4 aromatic rings. The summed E-state index contributed by atoms with van der Waals surface area (Å²) in [6.07, 6.45) is 15.4. The molecular weight excluding hydrogens is 352 g/mol. The number of fused-ring (bicyclic) bond motifs is 1. The molecule has 0 spiro atoms. The van der Waals surface area contributed by atoms with Gasteiger partial charge in [-0.25, -0.2) is 4.98 Å². The summed E-state index contributed by atoms with van der Waals surface area (Å²) in [6.45, 7) is 2.09. The summed E-state index contributed by atoms with van der Waals surface area (Å²) in [7, 11) is 1.92. The molecule has 0 unspecified atom stereocenters. The Kier molecular flexibility index (Phi) is 4.00. The number of hydrogen-bond donors (Lipinski definition) is 1. The van der Waals surface area contributed by atoms with Crippen LogP contribution in [0.3, 0.4) is 0 Å². The maximum absolute atomic E-state index is 6.25. The van der Waals surface area contributed by atoms with Gasteiger partial charge in [-0.2, -0.15) is 5.10 Å². The molecule has 1 fully saturated rings. The Morgan fingerprint density at radius 3 is 2.79 bits per heavy atom. The number of pyridine rings is 2. The summed E-state index contributed by atoms with van der Waals surface area (Å²) in [5.41, 5.74) is 5.42. The zero-order valence-electron chi connectivity index (χ0n) is 15.9. The lowest BCUT2D eigenvalue weighted by Crippen LogP contribution is -2.42. The zero-order chi connectivity index (χ0) is 19.1. The van der Waals surface area contributed by atoms with Crippen LogP contribution in [0.5, 0.6) is 5.75 Å². The van der Waals surface area contributed by atoms with Gasteiger partial charge in [0.25, 0.3) is 0 Å². The van der Waals surface area contributed by atoms with Crippen LogP contribution in [0.25, 0.3) is 16.6 Å². The number of ether oxygens (including phenoxy) is 1. The van der Waals surface area contributed by atoms with Gasteiger partial charge >= 0.3 is 0 Å². The van der Waals surface area contributed by atoms with E-state index >= 15 is 0 Å². The van der Waals surface area contributed by atoms with Crippen molar-refractivity contribution < 1.29 is 4.74 Å². The molecule has 4 heterocycles. The molecule has 28 heavy (non-hydrogen) atoms. The second-order valence-corrected chi connectivity index (χ2v) is 7.41. The third-order valence-corrected chi connectivity index (χ3v) is 5.35. The molecule has 7 heteroatoms. The maximum Gasteiger partial charge on any atom is 0.141 e. The fourth-order valence-corrected chi connectivity index (χ4v) is 3.69. The smallest absolute Gasteiger partial charge is 0.141 e. The molecule has 1 aliphatic carbocycles. The van der Waals surface area contributed by atoms with E-state index in [1.54, 1.807) is 4.68 Å². The Morgan fingerprint density at radius 2 is 1.96 bits per heavy atom. The van der Waals surface area contributed by atoms with Crippen molar-refractivity contribution in [1.82, 2.24) is 24.1 Å². The van der Waals surface area contributed by atoms with Crippen molar-refractivity contribution in [2.45, 2.75) is 31.9 Å². The minimum atomic E-state index is 0.209. The number of aryl methyl sites for hydroxylation is 1. The third kappa shape index (κ3) is 3.09. The lowest BCUT2D eigenvalue weighted by molar-refractivity contribution is 0.107. The molecule has 1 saturated carbocycles. The number of imidazole rings is 1. The highest BCUT2D eigenvalue weighted by molar-refractivity contribution is 5.69. The Bertz CT molecular complexity index is 1120. The fraction of sp³-hybridized carbons (Fsp3) is 0.286. The molecule has 0 saturated heterocycles. The summed E-state index contributed by atoms with van der Waals surface area (Å²) >= 11 is 0. The van der Waals surface area contributed by atoms with Crippen molar-refractivity contribution in [2.75, 3.05) is 5.32 Å². The van der Waals surface area contributed by atoms with Crippen LogP contribution >= 0.6 is 0 Å². The highest BCUT2D eigenvalue weighted by Gasteiger charge is 2.31. The van der Waals surface area contributed by atoms with Crippen molar-refractivity contribution in [3.05, 3.63) is 61.2 Å². The number of rotatable bonds is 5. The molecule has 0 aliphatic heterocycles. The van der Waals surface area contributed by atoms with E-state index < -0.39 is 0 Å². The third-order valence-electron chi connectivity index (χ3n) is 5.35. The lowest BCUT2D eigenvalue weighted by Gasteiger charge is -2.36. The van der Waals surface area contributed by atoms with Gasteiger partial charge in [0, 0.05) is 61.2 Å². The van der Waals surface area contributed by atoms with Gasteiger partial charge in [0.15, 0.2) is 0 Å². The molecule has 142 valence electrons. The van der Waals surface area contributed by atoms with E-state index in [1.165, 1.54) is 0 Å². The van der Waals surface area contributed by atoms with Crippen molar-refractivity contribution in [1.29, 1.82) is 0 Å². The first kappa shape index (κ1) is 16.8. The fourth-order valence-electron chi connectivity index (χ4n) is 3.69. The van der Waals surface area contributed by atoms with Gasteiger partial charge in [-0.3, -0.25) is 9.67 Å². The molecule has 7 nitrogen and oxygen atoms in total. The predicted molar refractivity (Wildman–Crippen MR) is 107 cm³/mol. The molecule has 1 N–H and O–H groups in total. The molecule has 0 amide bonds. The van der Waals surface area contributed by atoms with Gasteiger partial charge in [-0.15, -0.1) is 0 Å². The van der Waals surface area contributed by atoms with E-state index in [0.29, 0.717) is 6.04 Å². The van der Waals surface area contributed by atoms with Gasteiger partial charge in [0.1, 0.15) is 11.9 Å². The largest absolute Gasteiger partial charge is 0.488 e. The van der Waals surface area contributed by atoms with Crippen LogP contribution in [0.1, 0.15) is 18.4 Å². The Balaban J connectivity index is 1.28. The second kappa shape index (κ2) is 6.67. The standard InChI is InChI=1S/C21H22N6O/c1-14-20(15-3-4-18-8-23-13-27(18)11-15)9-22-10-21(14)28-19-5-16(6-19)25-17-7-24-26(2)12-17/h3-4,7-13,16,19,25H,5-6H2,1-2H3. The summed E-state index contributed by atoms with van der Waals surface area (Å²) in [5, 5.41) is 7.68. The van der Waals surface area contributed by atoms with Crippen molar-refractivity contribution in [3.63, 3.8) is 0 Å².